The first-order chi connectivity index (χ1) is 10.5. The van der Waals surface area contributed by atoms with Crippen LogP contribution in [0.4, 0.5) is 5.69 Å². The van der Waals surface area contributed by atoms with Crippen molar-refractivity contribution in [3.05, 3.63) is 40.1 Å². The SMILES string of the molecule is COC(=O)C(Cc1c[nH]c2cc([N+](=O)[O-])ccc12)C(=O)OC. The van der Waals surface area contributed by atoms with Crippen LogP contribution in [0.15, 0.2) is 24.4 Å². The molecule has 0 aliphatic heterocycles. The van der Waals surface area contributed by atoms with Crippen molar-refractivity contribution in [3.8, 4) is 0 Å². The van der Waals surface area contributed by atoms with Crippen LogP contribution in [0.25, 0.3) is 10.9 Å². The number of ether oxygens (including phenoxy) is 2. The lowest BCUT2D eigenvalue weighted by atomic mass is 9.99. The summed E-state index contributed by atoms with van der Waals surface area (Å²) in [4.78, 5) is 36.5. The van der Waals surface area contributed by atoms with E-state index in [-0.39, 0.29) is 12.1 Å². The molecule has 0 bridgehead atoms. The summed E-state index contributed by atoms with van der Waals surface area (Å²) in [6.07, 6.45) is 1.68. The molecule has 0 aliphatic rings. The minimum atomic E-state index is -1.08. The molecule has 0 aliphatic carbocycles. The van der Waals surface area contributed by atoms with E-state index in [4.69, 9.17) is 0 Å². The van der Waals surface area contributed by atoms with Gasteiger partial charge in [-0.2, -0.15) is 0 Å². The summed E-state index contributed by atoms with van der Waals surface area (Å²) in [5.74, 6) is -2.46. The van der Waals surface area contributed by atoms with E-state index in [9.17, 15) is 19.7 Å². The average molecular weight is 306 g/mol. The van der Waals surface area contributed by atoms with Crippen molar-refractivity contribution in [1.82, 2.24) is 4.98 Å². The Labute approximate surface area is 125 Å². The molecular weight excluding hydrogens is 292 g/mol. The van der Waals surface area contributed by atoms with Gasteiger partial charge in [0.1, 0.15) is 0 Å². The summed E-state index contributed by atoms with van der Waals surface area (Å²) in [6, 6.07) is 4.33. The second-order valence-electron chi connectivity index (χ2n) is 4.60. The maximum Gasteiger partial charge on any atom is 0.320 e. The first-order valence-electron chi connectivity index (χ1n) is 6.38. The van der Waals surface area contributed by atoms with Crippen LogP contribution in [0.2, 0.25) is 0 Å². The van der Waals surface area contributed by atoms with Gasteiger partial charge >= 0.3 is 11.9 Å². The molecule has 0 saturated heterocycles. The molecule has 0 unspecified atom stereocenters. The third-order valence-electron chi connectivity index (χ3n) is 3.36. The number of fused-ring (bicyclic) bond motifs is 1. The highest BCUT2D eigenvalue weighted by Gasteiger charge is 2.29. The Morgan fingerprint density at radius 2 is 1.91 bits per heavy atom. The third kappa shape index (κ3) is 2.90. The summed E-state index contributed by atoms with van der Waals surface area (Å²) >= 11 is 0. The van der Waals surface area contributed by atoms with E-state index in [0.29, 0.717) is 16.5 Å². The van der Waals surface area contributed by atoms with Crippen LogP contribution >= 0.6 is 0 Å². The molecule has 0 radical (unpaired) electrons. The number of carbonyl (C=O) groups excluding carboxylic acids is 2. The number of H-pyrrole nitrogens is 1. The summed E-state index contributed by atoms with van der Waals surface area (Å²) in [6.45, 7) is 0. The molecule has 0 saturated carbocycles. The Balaban J connectivity index is 2.36. The van der Waals surface area contributed by atoms with Gasteiger partial charge in [-0.05, 0) is 18.1 Å². The van der Waals surface area contributed by atoms with Crippen molar-refractivity contribution in [1.29, 1.82) is 0 Å². The number of carbonyl (C=O) groups is 2. The van der Waals surface area contributed by atoms with Crippen molar-refractivity contribution in [3.63, 3.8) is 0 Å². The summed E-state index contributed by atoms with van der Waals surface area (Å²) in [5.41, 5.74) is 1.18. The fourth-order valence-electron chi connectivity index (χ4n) is 2.22. The number of non-ortho nitro benzene ring substituents is 1. The number of methoxy groups -OCH3 is 2. The van der Waals surface area contributed by atoms with Crippen LogP contribution in [-0.4, -0.2) is 36.1 Å². The molecule has 0 atom stereocenters. The van der Waals surface area contributed by atoms with Gasteiger partial charge in [0.2, 0.25) is 0 Å². The number of nitrogens with one attached hydrogen (secondary N) is 1. The number of nitro groups is 1. The van der Waals surface area contributed by atoms with E-state index in [1.807, 2.05) is 0 Å². The average Bonchev–Trinajstić information content (AvgIpc) is 2.93. The molecule has 22 heavy (non-hydrogen) atoms. The van der Waals surface area contributed by atoms with Gasteiger partial charge in [-0.3, -0.25) is 19.7 Å². The fourth-order valence-corrected chi connectivity index (χ4v) is 2.22. The number of hydrogen-bond acceptors (Lipinski definition) is 6. The highest BCUT2D eigenvalue weighted by atomic mass is 16.6. The number of rotatable bonds is 5. The number of aromatic nitrogens is 1. The van der Waals surface area contributed by atoms with Crippen LogP contribution in [0.5, 0.6) is 0 Å². The van der Waals surface area contributed by atoms with E-state index < -0.39 is 22.8 Å². The summed E-state index contributed by atoms with van der Waals surface area (Å²) in [7, 11) is 2.38. The normalized spacial score (nSPS) is 10.7. The standard InChI is InChI=1S/C14H14N2O6/c1-21-13(17)11(14(18)22-2)5-8-7-15-12-6-9(16(19)20)3-4-10(8)12/h3-4,6-7,11,15H,5H2,1-2H3. The predicted molar refractivity (Wildman–Crippen MR) is 76.2 cm³/mol. The van der Waals surface area contributed by atoms with Gasteiger partial charge in [0.25, 0.3) is 5.69 Å². The Morgan fingerprint density at radius 3 is 2.45 bits per heavy atom. The molecule has 1 aromatic heterocycles. The second-order valence-corrected chi connectivity index (χ2v) is 4.60. The van der Waals surface area contributed by atoms with E-state index in [1.54, 1.807) is 12.3 Å². The maximum atomic E-state index is 11.7. The first-order valence-corrected chi connectivity index (χ1v) is 6.38. The Kier molecular flexibility index (Phi) is 4.40. The van der Waals surface area contributed by atoms with Gasteiger partial charge in [0.05, 0.1) is 24.7 Å². The smallest absolute Gasteiger partial charge is 0.320 e. The monoisotopic (exact) mass is 306 g/mol. The maximum absolute atomic E-state index is 11.7. The van der Waals surface area contributed by atoms with E-state index in [0.717, 1.165) is 0 Å². The minimum Gasteiger partial charge on any atom is -0.468 e. The molecule has 2 rings (SSSR count). The van der Waals surface area contributed by atoms with Gasteiger partial charge in [-0.25, -0.2) is 0 Å². The molecule has 2 aromatic rings. The van der Waals surface area contributed by atoms with Crippen molar-refractivity contribution >= 4 is 28.5 Å². The lowest BCUT2D eigenvalue weighted by Crippen LogP contribution is -2.28. The van der Waals surface area contributed by atoms with Gasteiger partial charge in [-0.1, -0.05) is 0 Å². The number of aromatic amines is 1. The van der Waals surface area contributed by atoms with Gasteiger partial charge < -0.3 is 14.5 Å². The van der Waals surface area contributed by atoms with Crippen LogP contribution in [-0.2, 0) is 25.5 Å². The molecule has 116 valence electrons. The zero-order valence-corrected chi connectivity index (χ0v) is 12.0. The molecule has 8 nitrogen and oxygen atoms in total. The Bertz CT molecular complexity index is 720. The Hall–Kier alpha value is -2.90. The minimum absolute atomic E-state index is 0.0432. The molecule has 8 heteroatoms. The highest BCUT2D eigenvalue weighted by Crippen LogP contribution is 2.25. The quantitative estimate of drug-likeness (QED) is 0.388. The summed E-state index contributed by atoms with van der Waals surface area (Å²) in [5, 5.41) is 11.5. The van der Waals surface area contributed by atoms with Gasteiger partial charge in [0.15, 0.2) is 5.92 Å². The lowest BCUT2D eigenvalue weighted by molar-refractivity contribution is -0.384. The number of hydrogen-bond donors (Lipinski definition) is 1. The van der Waals surface area contributed by atoms with Gasteiger partial charge in [0, 0.05) is 23.7 Å². The van der Waals surface area contributed by atoms with E-state index in [2.05, 4.69) is 14.5 Å². The van der Waals surface area contributed by atoms with Crippen LogP contribution in [0.3, 0.4) is 0 Å². The number of benzene rings is 1. The number of nitrogens with zero attached hydrogens (tertiary/aromatic N) is 1. The third-order valence-corrected chi connectivity index (χ3v) is 3.36. The number of esters is 2. The topological polar surface area (TPSA) is 112 Å². The first kappa shape index (κ1) is 15.5. The molecule has 0 amide bonds. The van der Waals surface area contributed by atoms with E-state index in [1.165, 1.54) is 26.4 Å². The highest BCUT2D eigenvalue weighted by molar-refractivity contribution is 5.96. The Morgan fingerprint density at radius 1 is 1.27 bits per heavy atom. The molecule has 1 aromatic carbocycles. The molecule has 0 fully saturated rings. The summed E-state index contributed by atoms with van der Waals surface area (Å²) < 4.78 is 9.21. The second kappa shape index (κ2) is 6.25. The van der Waals surface area contributed by atoms with Crippen molar-refractivity contribution in [2.45, 2.75) is 6.42 Å². The van der Waals surface area contributed by atoms with Crippen LogP contribution < -0.4 is 0 Å². The lowest BCUT2D eigenvalue weighted by Gasteiger charge is -2.11. The molecule has 0 spiro atoms. The van der Waals surface area contributed by atoms with Crippen molar-refractivity contribution in [2.75, 3.05) is 14.2 Å². The molecule has 1 heterocycles. The van der Waals surface area contributed by atoms with Crippen molar-refractivity contribution < 1.29 is 24.0 Å². The molecular formula is C14H14N2O6. The van der Waals surface area contributed by atoms with E-state index >= 15 is 0 Å². The zero-order chi connectivity index (χ0) is 16.3. The largest absolute Gasteiger partial charge is 0.468 e. The number of nitro benzene ring substituents is 1. The predicted octanol–water partition coefficient (Wildman–Crippen LogP) is 1.58. The van der Waals surface area contributed by atoms with Crippen LogP contribution in [0, 0.1) is 16.0 Å². The molecule has 1 N–H and O–H groups in total. The van der Waals surface area contributed by atoms with Gasteiger partial charge in [-0.15, -0.1) is 0 Å². The van der Waals surface area contributed by atoms with Crippen LogP contribution in [0.1, 0.15) is 5.56 Å². The fraction of sp³-hybridized carbons (Fsp3) is 0.286. The van der Waals surface area contributed by atoms with Crippen molar-refractivity contribution in [2.24, 2.45) is 5.92 Å². The zero-order valence-electron chi connectivity index (χ0n) is 12.0.